The van der Waals surface area contributed by atoms with Crippen LogP contribution in [0.3, 0.4) is 0 Å². The maximum Gasteiger partial charge on any atom is 0.113 e. The minimum Gasteiger partial charge on any atom is -0.158 e. The highest BCUT2D eigenvalue weighted by Crippen LogP contribution is 2.03. The summed E-state index contributed by atoms with van der Waals surface area (Å²) in [5, 5.41) is 7.31. The quantitative estimate of drug-likeness (QED) is 0.613. The molecule has 10 heavy (non-hydrogen) atoms. The summed E-state index contributed by atoms with van der Waals surface area (Å²) in [6, 6.07) is 1.88. The third-order valence-corrected chi connectivity index (χ3v) is 1.23. The van der Waals surface area contributed by atoms with Crippen molar-refractivity contribution < 1.29 is 0 Å². The fourth-order valence-corrected chi connectivity index (χ4v) is 0.868. The van der Waals surface area contributed by atoms with Gasteiger partial charge in [-0.1, -0.05) is 13.8 Å². The van der Waals surface area contributed by atoms with Gasteiger partial charge in [-0.25, -0.2) is 0 Å². The molecule has 0 aromatic carbocycles. The highest BCUT2D eigenvalue weighted by molar-refractivity contribution is 5.04. The molecule has 0 amide bonds. The fraction of sp³-hybridized carbons (Fsp3) is 0.500. The van der Waals surface area contributed by atoms with Gasteiger partial charge in [0.15, 0.2) is 0 Å². The highest BCUT2D eigenvalue weighted by atomic mass is 15.1. The first-order valence-corrected chi connectivity index (χ1v) is 3.46. The Bertz CT molecular complexity index is 182. The third-order valence-electron chi connectivity index (χ3n) is 1.23. The lowest BCUT2D eigenvalue weighted by molar-refractivity contribution is 0.643. The Hall–Kier alpha value is -0.920. The molecule has 0 spiro atoms. The topological polar surface area (TPSA) is 25.8 Å². The molecule has 1 aromatic heterocycles. The lowest BCUT2D eigenvalue weighted by Crippen LogP contribution is -1.94. The second-order valence-electron chi connectivity index (χ2n) is 2.79. The molecule has 0 atom stereocenters. The van der Waals surface area contributed by atoms with Gasteiger partial charge < -0.3 is 0 Å². The van der Waals surface area contributed by atoms with Crippen LogP contribution in [0.5, 0.6) is 0 Å². The first-order valence-electron chi connectivity index (χ1n) is 3.46. The van der Waals surface area contributed by atoms with Crippen molar-refractivity contribution in [2.24, 2.45) is 5.92 Å². The number of rotatable bonds is 2. The van der Waals surface area contributed by atoms with Crippen LogP contribution in [0.25, 0.3) is 0 Å². The molecule has 1 rings (SSSR count). The maximum absolute atomic E-state index is 3.73. The van der Waals surface area contributed by atoms with E-state index < -0.39 is 0 Å². The summed E-state index contributed by atoms with van der Waals surface area (Å²) < 4.78 is 0. The molecule has 1 radical (unpaired) electrons. The van der Waals surface area contributed by atoms with Crippen molar-refractivity contribution >= 4 is 0 Å². The summed E-state index contributed by atoms with van der Waals surface area (Å²) in [7, 11) is 0. The van der Waals surface area contributed by atoms with Gasteiger partial charge in [0.05, 0.1) is 6.20 Å². The first-order chi connectivity index (χ1) is 4.79. The third kappa shape index (κ3) is 2.13. The normalized spacial score (nSPS) is 10.3. The van der Waals surface area contributed by atoms with Crippen LogP contribution < -0.4 is 0 Å². The summed E-state index contributed by atoms with van der Waals surface area (Å²) in [5.74, 6) is 0.678. The van der Waals surface area contributed by atoms with Crippen LogP contribution in [0.4, 0.5) is 0 Å². The zero-order chi connectivity index (χ0) is 7.40. The van der Waals surface area contributed by atoms with Crippen LogP contribution >= 0.6 is 0 Å². The number of hydrogen-bond acceptors (Lipinski definition) is 2. The molecule has 0 aliphatic heterocycles. The Labute approximate surface area is 61.3 Å². The minimum atomic E-state index is 0.678. The van der Waals surface area contributed by atoms with Gasteiger partial charge in [0.25, 0.3) is 0 Å². The predicted octanol–water partition coefficient (Wildman–Crippen LogP) is 1.48. The van der Waals surface area contributed by atoms with E-state index in [-0.39, 0.29) is 0 Å². The molecule has 0 bridgehead atoms. The fourth-order valence-electron chi connectivity index (χ4n) is 0.868. The Kier molecular flexibility index (Phi) is 2.37. The van der Waals surface area contributed by atoms with E-state index in [0.29, 0.717) is 5.92 Å². The molecule has 0 N–H and O–H groups in total. The predicted molar refractivity (Wildman–Crippen MR) is 39.4 cm³/mol. The number of hydrogen-bond donors (Lipinski definition) is 0. The molecular formula is C8H11N2. The molecule has 0 saturated heterocycles. The molecule has 2 nitrogen and oxygen atoms in total. The summed E-state index contributed by atoms with van der Waals surface area (Å²) in [6.07, 6.45) is 5.55. The van der Waals surface area contributed by atoms with E-state index in [0.717, 1.165) is 6.42 Å². The molecule has 0 fully saturated rings. The van der Waals surface area contributed by atoms with Crippen LogP contribution in [0.2, 0.25) is 0 Å². The smallest absolute Gasteiger partial charge is 0.113 e. The van der Waals surface area contributed by atoms with Crippen molar-refractivity contribution in [1.82, 2.24) is 10.2 Å². The molecular weight excluding hydrogens is 124 g/mol. The zero-order valence-corrected chi connectivity index (χ0v) is 6.33. The summed E-state index contributed by atoms with van der Waals surface area (Å²) in [6.45, 7) is 4.36. The van der Waals surface area contributed by atoms with Crippen molar-refractivity contribution in [2.45, 2.75) is 20.3 Å². The second-order valence-corrected chi connectivity index (χ2v) is 2.79. The van der Waals surface area contributed by atoms with E-state index in [9.17, 15) is 0 Å². The molecule has 0 unspecified atom stereocenters. The van der Waals surface area contributed by atoms with Gasteiger partial charge >= 0.3 is 0 Å². The first kappa shape index (κ1) is 7.19. The van der Waals surface area contributed by atoms with Crippen molar-refractivity contribution in [1.29, 1.82) is 0 Å². The van der Waals surface area contributed by atoms with Crippen LogP contribution in [0.15, 0.2) is 12.3 Å². The minimum absolute atomic E-state index is 0.678. The summed E-state index contributed by atoms with van der Waals surface area (Å²) in [4.78, 5) is 0. The summed E-state index contributed by atoms with van der Waals surface area (Å²) >= 11 is 0. The van der Waals surface area contributed by atoms with Crippen molar-refractivity contribution in [3.8, 4) is 0 Å². The maximum atomic E-state index is 3.73. The molecule has 0 saturated carbocycles. The average Bonchev–Trinajstić information content (AvgIpc) is 1.88. The molecule has 0 aliphatic rings. The van der Waals surface area contributed by atoms with E-state index in [1.165, 1.54) is 5.56 Å². The van der Waals surface area contributed by atoms with E-state index >= 15 is 0 Å². The van der Waals surface area contributed by atoms with Gasteiger partial charge in [0, 0.05) is 0 Å². The van der Waals surface area contributed by atoms with Crippen molar-refractivity contribution in [2.75, 3.05) is 0 Å². The molecule has 0 aliphatic carbocycles. The molecule has 2 heteroatoms. The Morgan fingerprint density at radius 2 is 2.40 bits per heavy atom. The van der Waals surface area contributed by atoms with Gasteiger partial charge in [-0.2, -0.15) is 5.10 Å². The second kappa shape index (κ2) is 3.30. The van der Waals surface area contributed by atoms with Crippen LogP contribution in [0, 0.1) is 12.1 Å². The monoisotopic (exact) mass is 135 g/mol. The van der Waals surface area contributed by atoms with Crippen molar-refractivity contribution in [3.63, 3.8) is 0 Å². The van der Waals surface area contributed by atoms with E-state index in [1.54, 1.807) is 6.20 Å². The molecule has 1 heterocycles. The van der Waals surface area contributed by atoms with E-state index in [1.807, 2.05) is 6.07 Å². The SMILES string of the molecule is CC(C)Cc1c[c]nnc1. The van der Waals surface area contributed by atoms with Crippen LogP contribution in [0.1, 0.15) is 19.4 Å². The lowest BCUT2D eigenvalue weighted by Gasteiger charge is -2.01. The van der Waals surface area contributed by atoms with Gasteiger partial charge in [-0.05, 0) is 24.0 Å². The van der Waals surface area contributed by atoms with Crippen LogP contribution in [-0.2, 0) is 6.42 Å². The van der Waals surface area contributed by atoms with Gasteiger partial charge in [-0.15, -0.1) is 5.10 Å². The average molecular weight is 135 g/mol. The Morgan fingerprint density at radius 1 is 1.60 bits per heavy atom. The van der Waals surface area contributed by atoms with Crippen molar-refractivity contribution in [3.05, 3.63) is 24.0 Å². The molecule has 53 valence electrons. The Morgan fingerprint density at radius 3 is 2.90 bits per heavy atom. The Balaban J connectivity index is 2.59. The van der Waals surface area contributed by atoms with Gasteiger partial charge in [0.2, 0.25) is 0 Å². The largest absolute Gasteiger partial charge is 0.158 e. The van der Waals surface area contributed by atoms with Crippen LogP contribution in [-0.4, -0.2) is 10.2 Å². The van der Waals surface area contributed by atoms with E-state index in [2.05, 4.69) is 30.2 Å². The van der Waals surface area contributed by atoms with Gasteiger partial charge in [-0.3, -0.25) is 0 Å². The van der Waals surface area contributed by atoms with Gasteiger partial charge in [0.1, 0.15) is 6.20 Å². The number of aromatic nitrogens is 2. The zero-order valence-electron chi connectivity index (χ0n) is 6.33. The van der Waals surface area contributed by atoms with E-state index in [4.69, 9.17) is 0 Å². The molecule has 1 aromatic rings. The summed E-state index contributed by atoms with van der Waals surface area (Å²) in [5.41, 5.74) is 1.21. The standard InChI is InChI=1S/C8H11N2/c1-7(2)5-8-3-4-9-10-6-8/h3,6-7H,5H2,1-2H3. The highest BCUT2D eigenvalue weighted by Gasteiger charge is 1.95. The number of nitrogens with zero attached hydrogens (tertiary/aromatic N) is 2. The lowest BCUT2D eigenvalue weighted by atomic mass is 10.1.